The van der Waals surface area contributed by atoms with Crippen LogP contribution in [-0.4, -0.2) is 42.0 Å². The van der Waals surface area contributed by atoms with E-state index >= 15 is 0 Å². The average Bonchev–Trinajstić information content (AvgIpc) is 2.54. The highest BCUT2D eigenvalue weighted by Gasteiger charge is 2.31. The molecule has 0 saturated heterocycles. The van der Waals surface area contributed by atoms with Crippen molar-refractivity contribution in [2.75, 3.05) is 19.6 Å². The zero-order chi connectivity index (χ0) is 16.3. The molecule has 1 aromatic rings. The molecule has 1 aliphatic rings. The molecule has 22 heavy (non-hydrogen) atoms. The molecule has 1 amide bonds. The molecule has 0 radical (unpaired) electrons. The van der Waals surface area contributed by atoms with Gasteiger partial charge in [0.25, 0.3) is 0 Å². The summed E-state index contributed by atoms with van der Waals surface area (Å²) >= 11 is 0. The quantitative estimate of drug-likeness (QED) is 0.835. The van der Waals surface area contributed by atoms with Crippen molar-refractivity contribution in [3.8, 4) is 0 Å². The van der Waals surface area contributed by atoms with Crippen LogP contribution in [0.5, 0.6) is 0 Å². The van der Waals surface area contributed by atoms with E-state index in [1.165, 1.54) is 0 Å². The zero-order valence-electron chi connectivity index (χ0n) is 12.7. The Morgan fingerprint density at radius 3 is 2.18 bits per heavy atom. The second-order valence-electron chi connectivity index (χ2n) is 5.00. The summed E-state index contributed by atoms with van der Waals surface area (Å²) in [7, 11) is 0. The number of fused-ring (bicyclic) bond motifs is 1. The van der Waals surface area contributed by atoms with Crippen molar-refractivity contribution in [2.45, 2.75) is 13.8 Å². The van der Waals surface area contributed by atoms with Crippen LogP contribution in [0, 0.1) is 0 Å². The lowest BCUT2D eigenvalue weighted by molar-refractivity contribution is -0.121. The summed E-state index contributed by atoms with van der Waals surface area (Å²) in [6.07, 6.45) is 0. The number of hydrogen-bond acceptors (Lipinski definition) is 5. The number of Topliss-reactive ketones (excluding diaryl/α,β-unsaturated/α-hetero) is 2. The zero-order valence-corrected chi connectivity index (χ0v) is 12.7. The van der Waals surface area contributed by atoms with Crippen molar-refractivity contribution in [1.29, 1.82) is 0 Å². The van der Waals surface area contributed by atoms with Crippen LogP contribution in [0.1, 0.15) is 34.6 Å². The number of likely N-dealkylation sites (N-methyl/N-ethyl adjacent to an activating group) is 1. The van der Waals surface area contributed by atoms with Crippen molar-refractivity contribution in [1.82, 2.24) is 10.2 Å². The fourth-order valence-corrected chi connectivity index (χ4v) is 2.35. The van der Waals surface area contributed by atoms with Gasteiger partial charge < -0.3 is 11.1 Å². The number of carbonyl (C=O) groups excluding carboxylic acids is 3. The van der Waals surface area contributed by atoms with Gasteiger partial charge in [-0.2, -0.15) is 0 Å². The summed E-state index contributed by atoms with van der Waals surface area (Å²) in [6, 6.07) is 6.44. The van der Waals surface area contributed by atoms with Crippen LogP contribution in [0.2, 0.25) is 0 Å². The van der Waals surface area contributed by atoms with E-state index in [1.807, 2.05) is 18.7 Å². The highest BCUT2D eigenvalue weighted by Crippen LogP contribution is 2.22. The second-order valence-corrected chi connectivity index (χ2v) is 5.00. The standard InChI is InChI=1S/C16H19N3O3/c1-3-19(4-2)9-12(20)18-14-13(17)15(21)10-7-5-6-8-11(10)16(14)22/h5-8H,3-4,9,17H2,1-2H3,(H,18,20). The lowest BCUT2D eigenvalue weighted by Crippen LogP contribution is -2.41. The van der Waals surface area contributed by atoms with E-state index < -0.39 is 11.6 Å². The predicted octanol–water partition coefficient (Wildman–Crippen LogP) is 0.694. The Morgan fingerprint density at radius 2 is 1.64 bits per heavy atom. The smallest absolute Gasteiger partial charge is 0.238 e. The van der Waals surface area contributed by atoms with Crippen molar-refractivity contribution in [3.05, 3.63) is 46.8 Å². The van der Waals surface area contributed by atoms with Crippen molar-refractivity contribution in [3.63, 3.8) is 0 Å². The Hall–Kier alpha value is -2.47. The monoisotopic (exact) mass is 301 g/mol. The third kappa shape index (κ3) is 2.92. The van der Waals surface area contributed by atoms with Crippen LogP contribution in [0.15, 0.2) is 35.7 Å². The summed E-state index contributed by atoms with van der Waals surface area (Å²) in [6.45, 7) is 5.46. The summed E-state index contributed by atoms with van der Waals surface area (Å²) < 4.78 is 0. The number of rotatable bonds is 5. The van der Waals surface area contributed by atoms with E-state index in [0.29, 0.717) is 13.1 Å². The number of amides is 1. The molecule has 0 bridgehead atoms. The van der Waals surface area contributed by atoms with Gasteiger partial charge in [-0.15, -0.1) is 0 Å². The maximum atomic E-state index is 12.4. The van der Waals surface area contributed by atoms with Gasteiger partial charge in [-0.05, 0) is 13.1 Å². The van der Waals surface area contributed by atoms with Gasteiger partial charge in [0.15, 0.2) is 0 Å². The SMILES string of the molecule is CCN(CC)CC(=O)NC1=C(N)C(=O)c2ccccc2C1=O. The minimum absolute atomic E-state index is 0.124. The molecule has 0 atom stereocenters. The summed E-state index contributed by atoms with van der Waals surface area (Å²) in [5.74, 6) is -1.23. The van der Waals surface area contributed by atoms with Gasteiger partial charge in [0.05, 0.1) is 6.54 Å². The number of nitrogens with one attached hydrogen (secondary N) is 1. The van der Waals surface area contributed by atoms with E-state index in [4.69, 9.17) is 5.73 Å². The van der Waals surface area contributed by atoms with Crippen molar-refractivity contribution < 1.29 is 14.4 Å². The first-order chi connectivity index (χ1) is 10.5. The van der Waals surface area contributed by atoms with Gasteiger partial charge in [-0.1, -0.05) is 38.1 Å². The predicted molar refractivity (Wildman–Crippen MR) is 82.2 cm³/mol. The molecule has 0 aliphatic heterocycles. The molecule has 0 saturated carbocycles. The van der Waals surface area contributed by atoms with E-state index in [1.54, 1.807) is 24.3 Å². The largest absolute Gasteiger partial charge is 0.394 e. The molecule has 0 fully saturated rings. The Morgan fingerprint density at radius 1 is 1.09 bits per heavy atom. The van der Waals surface area contributed by atoms with E-state index in [2.05, 4.69) is 5.32 Å². The average molecular weight is 301 g/mol. The number of nitrogens with zero attached hydrogens (tertiary/aromatic N) is 1. The fourth-order valence-electron chi connectivity index (χ4n) is 2.35. The number of ketones is 2. The topological polar surface area (TPSA) is 92.5 Å². The Bertz CT molecular complexity index is 660. The molecule has 6 heteroatoms. The van der Waals surface area contributed by atoms with Gasteiger partial charge in [0.2, 0.25) is 17.5 Å². The minimum atomic E-state index is -0.437. The highest BCUT2D eigenvalue weighted by molar-refractivity contribution is 6.27. The van der Waals surface area contributed by atoms with E-state index in [0.717, 1.165) is 0 Å². The highest BCUT2D eigenvalue weighted by atomic mass is 16.2. The third-order valence-corrected chi connectivity index (χ3v) is 3.68. The van der Waals surface area contributed by atoms with E-state index in [9.17, 15) is 14.4 Å². The van der Waals surface area contributed by atoms with Gasteiger partial charge in [0, 0.05) is 11.1 Å². The normalized spacial score (nSPS) is 14.3. The summed E-state index contributed by atoms with van der Waals surface area (Å²) in [5, 5.41) is 2.49. The Balaban J connectivity index is 2.24. The summed E-state index contributed by atoms with van der Waals surface area (Å²) in [5.41, 5.74) is 5.95. The molecule has 1 aromatic carbocycles. The van der Waals surface area contributed by atoms with Crippen LogP contribution in [0.4, 0.5) is 0 Å². The first-order valence-corrected chi connectivity index (χ1v) is 7.19. The van der Waals surface area contributed by atoms with Crippen LogP contribution >= 0.6 is 0 Å². The fraction of sp³-hybridized carbons (Fsp3) is 0.312. The van der Waals surface area contributed by atoms with Crippen LogP contribution in [0.25, 0.3) is 0 Å². The van der Waals surface area contributed by atoms with Gasteiger partial charge >= 0.3 is 0 Å². The van der Waals surface area contributed by atoms with Crippen molar-refractivity contribution in [2.24, 2.45) is 5.73 Å². The lowest BCUT2D eigenvalue weighted by atomic mass is 9.90. The third-order valence-electron chi connectivity index (χ3n) is 3.68. The number of benzene rings is 1. The van der Waals surface area contributed by atoms with Crippen LogP contribution < -0.4 is 11.1 Å². The van der Waals surface area contributed by atoms with Crippen LogP contribution in [0.3, 0.4) is 0 Å². The molecule has 2 rings (SSSR count). The molecule has 0 unspecified atom stereocenters. The molecule has 0 heterocycles. The molecule has 6 nitrogen and oxygen atoms in total. The van der Waals surface area contributed by atoms with Gasteiger partial charge in [0.1, 0.15) is 11.4 Å². The van der Waals surface area contributed by atoms with Crippen LogP contribution in [-0.2, 0) is 4.79 Å². The number of nitrogens with two attached hydrogens (primary N) is 1. The molecular formula is C16H19N3O3. The molecule has 116 valence electrons. The summed E-state index contributed by atoms with van der Waals surface area (Å²) in [4.78, 5) is 38.5. The number of allylic oxidation sites excluding steroid dienone is 2. The van der Waals surface area contributed by atoms with E-state index in [-0.39, 0.29) is 35.0 Å². The second kappa shape index (κ2) is 6.53. The molecule has 1 aliphatic carbocycles. The molecule has 0 spiro atoms. The lowest BCUT2D eigenvalue weighted by Gasteiger charge is -2.21. The Kier molecular flexibility index (Phi) is 4.72. The maximum Gasteiger partial charge on any atom is 0.238 e. The first-order valence-electron chi connectivity index (χ1n) is 7.19. The molecule has 0 aromatic heterocycles. The molecule has 3 N–H and O–H groups in total. The Labute approximate surface area is 129 Å². The number of carbonyl (C=O) groups is 3. The maximum absolute atomic E-state index is 12.4. The molecular weight excluding hydrogens is 282 g/mol. The van der Waals surface area contributed by atoms with Crippen molar-refractivity contribution >= 4 is 17.5 Å². The van der Waals surface area contributed by atoms with Gasteiger partial charge in [-0.25, -0.2) is 0 Å². The minimum Gasteiger partial charge on any atom is -0.394 e. The first kappa shape index (κ1) is 15.9. The van der Waals surface area contributed by atoms with Gasteiger partial charge in [-0.3, -0.25) is 19.3 Å². The number of hydrogen-bond donors (Lipinski definition) is 2.